The fourth-order valence-electron chi connectivity index (χ4n) is 5.32. The highest BCUT2D eigenvalue weighted by molar-refractivity contribution is 5.78. The summed E-state index contributed by atoms with van der Waals surface area (Å²) in [6.45, 7) is 5.07. The molecule has 3 aliphatic rings. The molecule has 2 amide bonds. The number of hydrogen-bond acceptors (Lipinski definition) is 5. The van der Waals surface area contributed by atoms with Crippen LogP contribution in [0.3, 0.4) is 0 Å². The quantitative estimate of drug-likeness (QED) is 0.786. The fraction of sp³-hybridized carbons (Fsp3) is 0.696. The average molecular weight is 415 g/mol. The number of carbonyl (C=O) groups is 2. The molecule has 1 atom stereocenters. The van der Waals surface area contributed by atoms with Crippen LogP contribution in [-0.4, -0.2) is 88.5 Å². The molecule has 1 spiro atoms. The summed E-state index contributed by atoms with van der Waals surface area (Å²) in [6.07, 6.45) is 9.10. The van der Waals surface area contributed by atoms with Gasteiger partial charge in [-0.3, -0.25) is 19.5 Å². The van der Waals surface area contributed by atoms with Crippen molar-refractivity contribution in [1.82, 2.24) is 19.7 Å². The van der Waals surface area contributed by atoms with Gasteiger partial charge >= 0.3 is 0 Å². The summed E-state index contributed by atoms with van der Waals surface area (Å²) in [5, 5.41) is 10.5. The molecule has 1 aromatic heterocycles. The molecule has 1 unspecified atom stereocenters. The van der Waals surface area contributed by atoms with Crippen LogP contribution in [0.4, 0.5) is 0 Å². The number of carbonyl (C=O) groups excluding carboxylic acids is 2. The Labute approximate surface area is 179 Å². The summed E-state index contributed by atoms with van der Waals surface area (Å²) < 4.78 is 0. The Morgan fingerprint density at radius 3 is 2.57 bits per heavy atom. The molecule has 0 aromatic carbocycles. The fourth-order valence-corrected chi connectivity index (χ4v) is 5.32. The lowest BCUT2D eigenvalue weighted by Crippen LogP contribution is -2.57. The van der Waals surface area contributed by atoms with Gasteiger partial charge in [0, 0.05) is 45.0 Å². The van der Waals surface area contributed by atoms with Gasteiger partial charge in [-0.25, -0.2) is 0 Å². The topological polar surface area (TPSA) is 77.0 Å². The van der Waals surface area contributed by atoms with Gasteiger partial charge in [-0.2, -0.15) is 0 Å². The van der Waals surface area contributed by atoms with Crippen molar-refractivity contribution in [2.75, 3.05) is 45.8 Å². The normalized spacial score (nSPS) is 24.4. The van der Waals surface area contributed by atoms with E-state index in [-0.39, 0.29) is 17.2 Å². The predicted molar refractivity (Wildman–Crippen MR) is 114 cm³/mol. The SMILES string of the molecule is O=C(CCc1cccnc1)N1CCC2(CC1)CC(O)CN(C(=O)CN1CCCC1)C2. The average Bonchev–Trinajstić information content (AvgIpc) is 3.26. The Balaban J connectivity index is 1.28. The van der Waals surface area contributed by atoms with Crippen LogP contribution in [0.5, 0.6) is 0 Å². The second kappa shape index (κ2) is 9.43. The third-order valence-electron chi connectivity index (χ3n) is 7.06. The van der Waals surface area contributed by atoms with E-state index in [0.29, 0.717) is 45.6 Å². The number of likely N-dealkylation sites (tertiary alicyclic amines) is 3. The highest BCUT2D eigenvalue weighted by atomic mass is 16.3. The monoisotopic (exact) mass is 414 g/mol. The summed E-state index contributed by atoms with van der Waals surface area (Å²) in [7, 11) is 0. The Hall–Kier alpha value is -1.99. The number of hydrogen-bond donors (Lipinski definition) is 1. The molecule has 3 saturated heterocycles. The molecule has 3 aliphatic heterocycles. The number of amides is 2. The minimum atomic E-state index is -0.464. The molecule has 0 aliphatic carbocycles. The van der Waals surface area contributed by atoms with Crippen LogP contribution < -0.4 is 0 Å². The number of nitrogens with zero attached hydrogens (tertiary/aromatic N) is 4. The number of aryl methyl sites for hydroxylation is 1. The van der Waals surface area contributed by atoms with Crippen LogP contribution >= 0.6 is 0 Å². The summed E-state index contributed by atoms with van der Waals surface area (Å²) in [6, 6.07) is 3.90. The number of rotatable bonds is 5. The lowest BCUT2D eigenvalue weighted by atomic mass is 9.71. The van der Waals surface area contributed by atoms with Crippen molar-refractivity contribution < 1.29 is 14.7 Å². The van der Waals surface area contributed by atoms with Crippen molar-refractivity contribution in [3.05, 3.63) is 30.1 Å². The molecule has 30 heavy (non-hydrogen) atoms. The highest BCUT2D eigenvalue weighted by Crippen LogP contribution is 2.40. The van der Waals surface area contributed by atoms with Crippen molar-refractivity contribution in [2.24, 2.45) is 5.41 Å². The van der Waals surface area contributed by atoms with Gasteiger partial charge in [0.25, 0.3) is 0 Å². The van der Waals surface area contributed by atoms with E-state index in [0.717, 1.165) is 37.9 Å². The van der Waals surface area contributed by atoms with Gasteiger partial charge < -0.3 is 14.9 Å². The molecular weight excluding hydrogens is 380 g/mol. The van der Waals surface area contributed by atoms with Crippen molar-refractivity contribution >= 4 is 11.8 Å². The molecule has 4 heterocycles. The van der Waals surface area contributed by atoms with Gasteiger partial charge in [0.2, 0.25) is 11.8 Å². The Morgan fingerprint density at radius 2 is 1.87 bits per heavy atom. The molecule has 1 N–H and O–H groups in total. The molecule has 1 aromatic rings. The van der Waals surface area contributed by atoms with Gasteiger partial charge in [-0.05, 0) is 68.7 Å². The predicted octanol–water partition coefficient (Wildman–Crippen LogP) is 1.31. The number of pyridine rings is 1. The maximum absolute atomic E-state index is 12.8. The third-order valence-corrected chi connectivity index (χ3v) is 7.06. The molecular formula is C23H34N4O3. The van der Waals surface area contributed by atoms with E-state index in [9.17, 15) is 14.7 Å². The lowest BCUT2D eigenvalue weighted by molar-refractivity contribution is -0.144. The largest absolute Gasteiger partial charge is 0.391 e. The van der Waals surface area contributed by atoms with E-state index in [2.05, 4.69) is 9.88 Å². The Morgan fingerprint density at radius 1 is 1.10 bits per heavy atom. The molecule has 4 rings (SSSR count). The first-order valence-electron chi connectivity index (χ1n) is 11.4. The molecule has 7 heteroatoms. The summed E-state index contributed by atoms with van der Waals surface area (Å²) >= 11 is 0. The van der Waals surface area contributed by atoms with Crippen LogP contribution in [0.2, 0.25) is 0 Å². The lowest BCUT2D eigenvalue weighted by Gasteiger charge is -2.49. The summed E-state index contributed by atoms with van der Waals surface area (Å²) in [5.74, 6) is 0.331. The van der Waals surface area contributed by atoms with Crippen LogP contribution in [0.1, 0.15) is 44.1 Å². The van der Waals surface area contributed by atoms with Crippen molar-refractivity contribution in [1.29, 1.82) is 0 Å². The van der Waals surface area contributed by atoms with Gasteiger partial charge in [-0.15, -0.1) is 0 Å². The first-order valence-corrected chi connectivity index (χ1v) is 11.4. The van der Waals surface area contributed by atoms with Crippen molar-refractivity contribution in [3.63, 3.8) is 0 Å². The zero-order chi connectivity index (χ0) is 21.0. The van der Waals surface area contributed by atoms with Gasteiger partial charge in [-0.1, -0.05) is 6.07 Å². The number of aliphatic hydroxyl groups excluding tert-OH is 1. The van der Waals surface area contributed by atoms with Gasteiger partial charge in [0.15, 0.2) is 0 Å². The maximum Gasteiger partial charge on any atom is 0.236 e. The van der Waals surface area contributed by atoms with Gasteiger partial charge in [0.05, 0.1) is 12.6 Å². The molecule has 3 fully saturated rings. The number of aromatic nitrogens is 1. The first-order chi connectivity index (χ1) is 14.5. The minimum Gasteiger partial charge on any atom is -0.391 e. The van der Waals surface area contributed by atoms with Crippen LogP contribution in [0, 0.1) is 5.41 Å². The number of piperidine rings is 2. The minimum absolute atomic E-state index is 0.0571. The molecule has 7 nitrogen and oxygen atoms in total. The van der Waals surface area contributed by atoms with Crippen LogP contribution in [0.15, 0.2) is 24.5 Å². The van der Waals surface area contributed by atoms with E-state index < -0.39 is 6.10 Å². The van der Waals surface area contributed by atoms with Gasteiger partial charge in [0.1, 0.15) is 0 Å². The molecule has 0 saturated carbocycles. The van der Waals surface area contributed by atoms with E-state index in [1.54, 1.807) is 6.20 Å². The van der Waals surface area contributed by atoms with E-state index >= 15 is 0 Å². The molecule has 0 bridgehead atoms. The van der Waals surface area contributed by atoms with Crippen molar-refractivity contribution in [3.8, 4) is 0 Å². The second-order valence-electron chi connectivity index (χ2n) is 9.36. The zero-order valence-electron chi connectivity index (χ0n) is 17.8. The summed E-state index contributed by atoms with van der Waals surface area (Å²) in [4.78, 5) is 35.6. The van der Waals surface area contributed by atoms with Crippen molar-refractivity contribution in [2.45, 2.75) is 51.0 Å². The Bertz CT molecular complexity index is 727. The molecule has 0 radical (unpaired) electrons. The van der Waals surface area contributed by atoms with E-state index in [4.69, 9.17) is 0 Å². The second-order valence-corrected chi connectivity index (χ2v) is 9.36. The first kappa shape index (κ1) is 21.2. The molecule has 164 valence electrons. The summed E-state index contributed by atoms with van der Waals surface area (Å²) in [5.41, 5.74) is 1.03. The number of β-amino-alcohol motifs (C(OH)–C–C–N with tert-alkyl or cyclic N) is 1. The van der Waals surface area contributed by atoms with E-state index in [1.165, 1.54) is 12.8 Å². The Kier molecular flexibility index (Phi) is 6.68. The highest BCUT2D eigenvalue weighted by Gasteiger charge is 2.43. The third kappa shape index (κ3) is 5.19. The number of aliphatic hydroxyl groups is 1. The zero-order valence-corrected chi connectivity index (χ0v) is 17.8. The maximum atomic E-state index is 12.8. The smallest absolute Gasteiger partial charge is 0.236 e. The van der Waals surface area contributed by atoms with Crippen LogP contribution in [0.25, 0.3) is 0 Å². The standard InChI is InChI=1S/C23H34N4O3/c28-20-14-23(18-27(16-20)22(30)17-25-10-1-2-11-25)7-12-26(13-8-23)21(29)6-5-19-4-3-9-24-15-19/h3-4,9,15,20,28H,1-2,5-8,10-14,16-18H2. The van der Waals surface area contributed by atoms with Crippen LogP contribution in [-0.2, 0) is 16.0 Å². The van der Waals surface area contributed by atoms with E-state index in [1.807, 2.05) is 28.1 Å².